The number of amides is 1. The monoisotopic (exact) mass is 386 g/mol. The molecular weight excluding hydrogens is 356 g/mol. The molecule has 0 unspecified atom stereocenters. The standard InChI is InChI=1S/C26H30N2O/c1-20(2)28(26(29)24-13-12-22-8-4-5-9-23(22)18-24)19-21-10-14-25(15-11-21)27-16-6-3-7-17-27/h4-5,8-15,18,20H,3,6-7,16-17,19H2,1-2H3. The van der Waals surface area contributed by atoms with Gasteiger partial charge in [0.05, 0.1) is 0 Å². The molecule has 3 aromatic rings. The minimum absolute atomic E-state index is 0.0888. The van der Waals surface area contributed by atoms with Crippen molar-refractivity contribution in [2.45, 2.75) is 45.7 Å². The number of fused-ring (bicyclic) bond motifs is 1. The first-order chi connectivity index (χ1) is 14.1. The zero-order valence-corrected chi connectivity index (χ0v) is 17.5. The van der Waals surface area contributed by atoms with Gasteiger partial charge in [0.1, 0.15) is 0 Å². The van der Waals surface area contributed by atoms with Crippen LogP contribution in [0, 0.1) is 0 Å². The molecule has 1 heterocycles. The molecule has 150 valence electrons. The molecular formula is C26H30N2O. The molecule has 0 N–H and O–H groups in total. The molecule has 1 aliphatic rings. The van der Waals surface area contributed by atoms with E-state index >= 15 is 0 Å². The lowest BCUT2D eigenvalue weighted by molar-refractivity contribution is 0.0690. The number of carbonyl (C=O) groups excluding carboxylic acids is 1. The highest BCUT2D eigenvalue weighted by Crippen LogP contribution is 2.22. The molecule has 29 heavy (non-hydrogen) atoms. The summed E-state index contributed by atoms with van der Waals surface area (Å²) in [5.41, 5.74) is 3.22. The summed E-state index contributed by atoms with van der Waals surface area (Å²) in [6.45, 7) is 7.10. The molecule has 1 aliphatic heterocycles. The van der Waals surface area contributed by atoms with Crippen molar-refractivity contribution in [1.29, 1.82) is 0 Å². The number of hydrogen-bond donors (Lipinski definition) is 0. The summed E-state index contributed by atoms with van der Waals surface area (Å²) in [6, 6.07) is 23.1. The Bertz CT molecular complexity index is 971. The third-order valence-electron chi connectivity index (χ3n) is 5.89. The van der Waals surface area contributed by atoms with E-state index < -0.39 is 0 Å². The van der Waals surface area contributed by atoms with Crippen LogP contribution >= 0.6 is 0 Å². The normalized spacial score (nSPS) is 14.4. The van der Waals surface area contributed by atoms with Crippen molar-refractivity contribution >= 4 is 22.4 Å². The summed E-state index contributed by atoms with van der Waals surface area (Å²) in [6.07, 6.45) is 3.90. The average molecular weight is 387 g/mol. The number of rotatable bonds is 5. The second-order valence-corrected chi connectivity index (χ2v) is 8.30. The summed E-state index contributed by atoms with van der Waals surface area (Å²) in [4.78, 5) is 17.7. The van der Waals surface area contributed by atoms with Crippen molar-refractivity contribution in [2.75, 3.05) is 18.0 Å². The SMILES string of the molecule is CC(C)N(Cc1ccc(N2CCCCC2)cc1)C(=O)c1ccc2ccccc2c1. The summed E-state index contributed by atoms with van der Waals surface area (Å²) in [5.74, 6) is 0.0888. The van der Waals surface area contributed by atoms with E-state index in [0.29, 0.717) is 6.54 Å². The molecule has 1 fully saturated rings. The Balaban J connectivity index is 1.51. The van der Waals surface area contributed by atoms with Crippen molar-refractivity contribution in [3.05, 3.63) is 77.9 Å². The highest BCUT2D eigenvalue weighted by molar-refractivity contribution is 5.98. The highest BCUT2D eigenvalue weighted by atomic mass is 16.2. The van der Waals surface area contributed by atoms with Crippen LogP contribution in [0.1, 0.15) is 49.0 Å². The molecule has 0 aromatic heterocycles. The number of carbonyl (C=O) groups is 1. The van der Waals surface area contributed by atoms with Crippen LogP contribution in [0.25, 0.3) is 10.8 Å². The van der Waals surface area contributed by atoms with Crippen molar-refractivity contribution < 1.29 is 4.79 Å². The van der Waals surface area contributed by atoms with Crippen LogP contribution in [-0.2, 0) is 6.54 Å². The summed E-state index contributed by atoms with van der Waals surface area (Å²) in [5, 5.41) is 2.27. The van der Waals surface area contributed by atoms with Gasteiger partial charge in [-0.05, 0) is 73.7 Å². The smallest absolute Gasteiger partial charge is 0.254 e. The number of piperidine rings is 1. The van der Waals surface area contributed by atoms with Gasteiger partial charge in [0, 0.05) is 36.9 Å². The van der Waals surface area contributed by atoms with E-state index in [1.165, 1.54) is 30.5 Å². The number of nitrogens with zero attached hydrogens (tertiary/aromatic N) is 2. The second-order valence-electron chi connectivity index (χ2n) is 8.30. The molecule has 3 heteroatoms. The first-order valence-corrected chi connectivity index (χ1v) is 10.8. The molecule has 3 nitrogen and oxygen atoms in total. The second kappa shape index (κ2) is 8.69. The van der Waals surface area contributed by atoms with Gasteiger partial charge in [-0.25, -0.2) is 0 Å². The summed E-state index contributed by atoms with van der Waals surface area (Å²) in [7, 11) is 0. The third-order valence-corrected chi connectivity index (χ3v) is 5.89. The zero-order valence-electron chi connectivity index (χ0n) is 17.5. The number of benzene rings is 3. The Kier molecular flexibility index (Phi) is 5.84. The number of hydrogen-bond acceptors (Lipinski definition) is 2. The van der Waals surface area contributed by atoms with Gasteiger partial charge in [-0.3, -0.25) is 4.79 Å². The van der Waals surface area contributed by atoms with Gasteiger partial charge in [-0.2, -0.15) is 0 Å². The van der Waals surface area contributed by atoms with E-state index in [2.05, 4.69) is 55.1 Å². The quantitative estimate of drug-likeness (QED) is 0.546. The Morgan fingerprint density at radius 1 is 0.897 bits per heavy atom. The molecule has 0 aliphatic carbocycles. The van der Waals surface area contributed by atoms with Gasteiger partial charge in [0.25, 0.3) is 5.91 Å². The van der Waals surface area contributed by atoms with Crippen LogP contribution in [0.5, 0.6) is 0 Å². The van der Waals surface area contributed by atoms with E-state index in [0.717, 1.165) is 29.4 Å². The van der Waals surface area contributed by atoms with Crippen LogP contribution in [0.15, 0.2) is 66.7 Å². The lowest BCUT2D eigenvalue weighted by Gasteiger charge is -2.30. The van der Waals surface area contributed by atoms with Crippen molar-refractivity contribution in [2.24, 2.45) is 0 Å². The predicted molar refractivity (Wildman–Crippen MR) is 121 cm³/mol. The molecule has 0 saturated carbocycles. The van der Waals surface area contributed by atoms with E-state index in [1.807, 2.05) is 35.2 Å². The predicted octanol–water partition coefficient (Wildman–Crippen LogP) is 5.88. The first-order valence-electron chi connectivity index (χ1n) is 10.8. The van der Waals surface area contributed by atoms with Crippen LogP contribution in [0.2, 0.25) is 0 Å². The lowest BCUT2D eigenvalue weighted by Crippen LogP contribution is -2.36. The van der Waals surface area contributed by atoms with Crippen molar-refractivity contribution in [1.82, 2.24) is 4.90 Å². The maximum atomic E-state index is 13.3. The van der Waals surface area contributed by atoms with Crippen LogP contribution in [-0.4, -0.2) is 29.9 Å². The van der Waals surface area contributed by atoms with E-state index in [9.17, 15) is 4.79 Å². The molecule has 0 radical (unpaired) electrons. The number of anilines is 1. The Labute approximate surface area is 173 Å². The van der Waals surface area contributed by atoms with E-state index in [4.69, 9.17) is 0 Å². The van der Waals surface area contributed by atoms with E-state index in [1.54, 1.807) is 0 Å². The summed E-state index contributed by atoms with van der Waals surface area (Å²) >= 11 is 0. The largest absolute Gasteiger partial charge is 0.372 e. The van der Waals surface area contributed by atoms with Crippen LogP contribution in [0.3, 0.4) is 0 Å². The van der Waals surface area contributed by atoms with Crippen LogP contribution < -0.4 is 4.90 Å². The van der Waals surface area contributed by atoms with Gasteiger partial charge in [0.15, 0.2) is 0 Å². The molecule has 1 saturated heterocycles. The van der Waals surface area contributed by atoms with Crippen LogP contribution in [0.4, 0.5) is 5.69 Å². The lowest BCUT2D eigenvalue weighted by atomic mass is 10.0. The highest BCUT2D eigenvalue weighted by Gasteiger charge is 2.20. The maximum absolute atomic E-state index is 13.3. The molecule has 1 amide bonds. The third kappa shape index (κ3) is 4.45. The topological polar surface area (TPSA) is 23.6 Å². The van der Waals surface area contributed by atoms with Crippen molar-refractivity contribution in [3.63, 3.8) is 0 Å². The Morgan fingerprint density at radius 2 is 1.59 bits per heavy atom. The fourth-order valence-corrected chi connectivity index (χ4v) is 4.14. The minimum atomic E-state index is 0.0888. The summed E-state index contributed by atoms with van der Waals surface area (Å²) < 4.78 is 0. The van der Waals surface area contributed by atoms with E-state index in [-0.39, 0.29) is 11.9 Å². The Morgan fingerprint density at radius 3 is 2.28 bits per heavy atom. The van der Waals surface area contributed by atoms with Gasteiger partial charge in [0.2, 0.25) is 0 Å². The first kappa shape index (κ1) is 19.5. The minimum Gasteiger partial charge on any atom is -0.372 e. The maximum Gasteiger partial charge on any atom is 0.254 e. The van der Waals surface area contributed by atoms with Gasteiger partial charge >= 0.3 is 0 Å². The average Bonchev–Trinajstić information content (AvgIpc) is 2.77. The molecule has 3 aromatic carbocycles. The zero-order chi connectivity index (χ0) is 20.2. The molecule has 0 spiro atoms. The van der Waals surface area contributed by atoms with Gasteiger partial charge in [-0.15, -0.1) is 0 Å². The van der Waals surface area contributed by atoms with Gasteiger partial charge in [-0.1, -0.05) is 42.5 Å². The van der Waals surface area contributed by atoms with Gasteiger partial charge < -0.3 is 9.80 Å². The van der Waals surface area contributed by atoms with Crippen molar-refractivity contribution in [3.8, 4) is 0 Å². The fraction of sp³-hybridized carbons (Fsp3) is 0.346. The molecule has 0 atom stereocenters. The molecule has 4 rings (SSSR count). The Hall–Kier alpha value is -2.81. The fourth-order valence-electron chi connectivity index (χ4n) is 4.14. The molecule has 0 bridgehead atoms.